The Labute approximate surface area is 172 Å². The zero-order valence-corrected chi connectivity index (χ0v) is 17.1. The van der Waals surface area contributed by atoms with Crippen LogP contribution in [0.25, 0.3) is 16.6 Å². The summed E-state index contributed by atoms with van der Waals surface area (Å²) in [4.78, 5) is 12.5. The van der Waals surface area contributed by atoms with Gasteiger partial charge in [0.1, 0.15) is 0 Å². The van der Waals surface area contributed by atoms with Gasteiger partial charge in [-0.25, -0.2) is 0 Å². The first kappa shape index (κ1) is 20.7. The molecule has 0 bridgehead atoms. The number of halogens is 3. The maximum Gasteiger partial charge on any atom is 0.494 e. The molecule has 3 aromatic rings. The van der Waals surface area contributed by atoms with Crippen LogP contribution >= 0.6 is 0 Å². The van der Waals surface area contributed by atoms with Crippen LogP contribution in [0.15, 0.2) is 59.5 Å². The highest BCUT2D eigenvalue weighted by Crippen LogP contribution is 2.36. The van der Waals surface area contributed by atoms with Crippen molar-refractivity contribution in [2.24, 2.45) is 0 Å². The Morgan fingerprint density at radius 3 is 2.07 bits per heavy atom. The van der Waals surface area contributed by atoms with Crippen molar-refractivity contribution >= 4 is 23.5 Å². The highest BCUT2D eigenvalue weighted by Gasteiger charge is 2.51. The Bertz CT molecular complexity index is 1150. The smallest absolute Gasteiger partial charge is 0.399 e. The zero-order valence-electron chi connectivity index (χ0n) is 17.1. The lowest BCUT2D eigenvalue weighted by Crippen LogP contribution is -2.41. The third kappa shape index (κ3) is 3.44. The highest BCUT2D eigenvalue weighted by molar-refractivity contribution is 6.62. The van der Waals surface area contributed by atoms with E-state index in [9.17, 15) is 18.0 Å². The molecule has 2 aromatic carbocycles. The van der Waals surface area contributed by atoms with Crippen molar-refractivity contribution in [2.75, 3.05) is 0 Å². The van der Waals surface area contributed by atoms with Crippen molar-refractivity contribution in [1.29, 1.82) is 0 Å². The van der Waals surface area contributed by atoms with E-state index in [0.717, 1.165) is 12.1 Å². The molecule has 4 rings (SSSR count). The summed E-state index contributed by atoms with van der Waals surface area (Å²) in [6.45, 7) is 7.80. The molecule has 4 nitrogen and oxygen atoms in total. The molecule has 1 aliphatic heterocycles. The first-order chi connectivity index (χ1) is 13.9. The second-order valence-electron chi connectivity index (χ2n) is 8.46. The first-order valence-corrected chi connectivity index (χ1v) is 9.58. The molecule has 1 saturated heterocycles. The number of hydrogen-bond donors (Lipinski definition) is 0. The number of hydrogen-bond acceptors (Lipinski definition) is 3. The molecule has 8 heteroatoms. The number of alkyl halides is 3. The van der Waals surface area contributed by atoms with E-state index in [1.54, 1.807) is 22.9 Å². The Hall–Kier alpha value is -2.58. The Balaban J connectivity index is 1.77. The van der Waals surface area contributed by atoms with Crippen LogP contribution in [0.3, 0.4) is 0 Å². The molecule has 30 heavy (non-hydrogen) atoms. The van der Waals surface area contributed by atoms with Gasteiger partial charge in [-0.1, -0.05) is 6.07 Å². The molecule has 0 unspecified atom stereocenters. The van der Waals surface area contributed by atoms with Crippen molar-refractivity contribution in [1.82, 2.24) is 4.57 Å². The number of fused-ring (bicyclic) bond motifs is 1. The molecular formula is C22H21BF3NO3. The molecular weight excluding hydrogens is 394 g/mol. The summed E-state index contributed by atoms with van der Waals surface area (Å²) < 4.78 is 52.4. The van der Waals surface area contributed by atoms with E-state index >= 15 is 0 Å². The van der Waals surface area contributed by atoms with Crippen LogP contribution in [0, 0.1) is 0 Å². The van der Waals surface area contributed by atoms with E-state index in [-0.39, 0.29) is 5.43 Å². The normalized spacial score (nSPS) is 18.2. The van der Waals surface area contributed by atoms with Crippen LogP contribution in [-0.2, 0) is 15.5 Å². The van der Waals surface area contributed by atoms with Gasteiger partial charge in [0, 0.05) is 23.3 Å². The molecule has 0 saturated carbocycles. The van der Waals surface area contributed by atoms with Crippen LogP contribution in [0.2, 0.25) is 0 Å². The van der Waals surface area contributed by atoms with Gasteiger partial charge < -0.3 is 13.9 Å². The zero-order chi connectivity index (χ0) is 21.9. The van der Waals surface area contributed by atoms with Crippen molar-refractivity contribution in [3.05, 3.63) is 70.5 Å². The number of rotatable bonds is 2. The molecule has 2 heterocycles. The number of benzene rings is 2. The lowest BCUT2D eigenvalue weighted by atomic mass is 9.78. The predicted molar refractivity (Wildman–Crippen MR) is 110 cm³/mol. The average Bonchev–Trinajstić information content (AvgIpc) is 2.89. The Morgan fingerprint density at radius 1 is 0.900 bits per heavy atom. The van der Waals surface area contributed by atoms with Crippen LogP contribution in [0.5, 0.6) is 0 Å². The highest BCUT2D eigenvalue weighted by atomic mass is 19.4. The molecule has 1 aromatic heterocycles. The van der Waals surface area contributed by atoms with E-state index in [1.807, 2.05) is 33.8 Å². The maximum atomic E-state index is 12.9. The predicted octanol–water partition coefficient (Wildman–Crippen LogP) is 4.31. The van der Waals surface area contributed by atoms with Gasteiger partial charge >= 0.3 is 13.3 Å². The molecule has 0 atom stereocenters. The number of aromatic nitrogens is 1. The van der Waals surface area contributed by atoms with E-state index in [2.05, 4.69) is 0 Å². The third-order valence-electron chi connectivity index (χ3n) is 5.92. The van der Waals surface area contributed by atoms with Crippen LogP contribution in [-0.4, -0.2) is 22.9 Å². The SMILES string of the molecule is CC1(C)OB(c2ccc3c(c2)c(=O)ccn3-c2ccc(C(F)(F)F)cc2)OC1(C)C. The monoisotopic (exact) mass is 415 g/mol. The Morgan fingerprint density at radius 2 is 1.50 bits per heavy atom. The minimum Gasteiger partial charge on any atom is -0.399 e. The number of pyridine rings is 1. The van der Waals surface area contributed by atoms with Crippen LogP contribution in [0.1, 0.15) is 33.3 Å². The van der Waals surface area contributed by atoms with Gasteiger partial charge in [-0.15, -0.1) is 0 Å². The lowest BCUT2D eigenvalue weighted by molar-refractivity contribution is -0.137. The Kier molecular flexibility index (Phi) is 4.63. The maximum absolute atomic E-state index is 12.9. The molecule has 156 valence electrons. The second kappa shape index (κ2) is 6.72. The van der Waals surface area contributed by atoms with Gasteiger partial charge in [-0.3, -0.25) is 4.79 Å². The largest absolute Gasteiger partial charge is 0.494 e. The molecule has 0 radical (unpaired) electrons. The van der Waals surface area contributed by atoms with Gasteiger partial charge in [0.05, 0.1) is 22.3 Å². The van der Waals surface area contributed by atoms with Crippen LogP contribution < -0.4 is 10.9 Å². The van der Waals surface area contributed by atoms with Gasteiger partial charge in [0.25, 0.3) is 0 Å². The van der Waals surface area contributed by atoms with E-state index in [0.29, 0.717) is 22.1 Å². The second-order valence-corrected chi connectivity index (χ2v) is 8.46. The van der Waals surface area contributed by atoms with E-state index in [1.165, 1.54) is 18.2 Å². The number of nitrogens with zero attached hydrogens (tertiary/aromatic N) is 1. The van der Waals surface area contributed by atoms with Crippen molar-refractivity contribution in [2.45, 2.75) is 45.1 Å². The minimum atomic E-state index is -4.40. The van der Waals surface area contributed by atoms with Crippen molar-refractivity contribution in [3.8, 4) is 5.69 Å². The fraction of sp³-hybridized carbons (Fsp3) is 0.318. The third-order valence-corrected chi connectivity index (χ3v) is 5.92. The summed E-state index contributed by atoms with van der Waals surface area (Å²) in [6.07, 6.45) is -2.84. The molecule has 0 aliphatic carbocycles. The minimum absolute atomic E-state index is 0.188. The topological polar surface area (TPSA) is 40.5 Å². The summed E-state index contributed by atoms with van der Waals surface area (Å²) in [5.74, 6) is 0. The fourth-order valence-electron chi connectivity index (χ4n) is 3.44. The van der Waals surface area contributed by atoms with E-state index in [4.69, 9.17) is 9.31 Å². The molecule has 1 fully saturated rings. The quantitative estimate of drug-likeness (QED) is 0.586. The molecule has 1 aliphatic rings. The van der Waals surface area contributed by atoms with Gasteiger partial charge in [0.15, 0.2) is 5.43 Å². The molecule has 0 amide bonds. The molecule has 0 N–H and O–H groups in total. The van der Waals surface area contributed by atoms with Gasteiger partial charge in [-0.05, 0) is 69.6 Å². The lowest BCUT2D eigenvalue weighted by Gasteiger charge is -2.32. The summed E-state index contributed by atoms with van der Waals surface area (Å²) >= 11 is 0. The van der Waals surface area contributed by atoms with E-state index < -0.39 is 30.1 Å². The summed E-state index contributed by atoms with van der Waals surface area (Å²) in [5.41, 5.74) is -0.110. The van der Waals surface area contributed by atoms with Gasteiger partial charge in [-0.2, -0.15) is 13.2 Å². The standard InChI is InChI=1S/C22H21BF3NO3/c1-20(2)21(3,4)30-23(29-20)15-7-10-18-17(13-15)19(28)11-12-27(18)16-8-5-14(6-9-16)22(24,25)26/h5-13H,1-4H3. The van der Waals surface area contributed by atoms with Crippen molar-refractivity contribution in [3.63, 3.8) is 0 Å². The first-order valence-electron chi connectivity index (χ1n) is 9.58. The fourth-order valence-corrected chi connectivity index (χ4v) is 3.44. The van der Waals surface area contributed by atoms with Gasteiger partial charge in [0.2, 0.25) is 0 Å². The van der Waals surface area contributed by atoms with Crippen LogP contribution in [0.4, 0.5) is 13.2 Å². The summed E-state index contributed by atoms with van der Waals surface area (Å²) in [7, 11) is -0.612. The summed E-state index contributed by atoms with van der Waals surface area (Å²) in [5, 5.41) is 0.435. The summed E-state index contributed by atoms with van der Waals surface area (Å²) in [6, 6.07) is 11.5. The van der Waals surface area contributed by atoms with Crippen molar-refractivity contribution < 1.29 is 22.5 Å². The molecule has 0 spiro atoms. The average molecular weight is 415 g/mol.